The highest BCUT2D eigenvalue weighted by atomic mass is 35.5. The van der Waals surface area contributed by atoms with Gasteiger partial charge in [-0.05, 0) is 35.3 Å². The highest BCUT2D eigenvalue weighted by molar-refractivity contribution is 6.58. The highest BCUT2D eigenvalue weighted by Crippen LogP contribution is 2.52. The molecule has 1 rings (SSSR count). The fourth-order valence-electron chi connectivity index (χ4n) is 1.61. The topological polar surface area (TPSA) is 69.6 Å². The van der Waals surface area contributed by atoms with Gasteiger partial charge in [-0.3, -0.25) is 4.79 Å². The van der Waals surface area contributed by atoms with Crippen LogP contribution in [0.15, 0.2) is 30.9 Å². The number of anilines is 1. The minimum absolute atomic E-state index is 0.171. The number of carbonyl (C=O) groups excluding carboxylic acids is 1. The van der Waals surface area contributed by atoms with Gasteiger partial charge in [0.1, 0.15) is 0 Å². The van der Waals surface area contributed by atoms with Gasteiger partial charge in [-0.15, -0.1) is 0 Å². The van der Waals surface area contributed by atoms with E-state index in [1.165, 1.54) is 0 Å². The number of rotatable bonds is 6. The Balaban J connectivity index is 3.51. The average molecular weight is 375 g/mol. The SMILES string of the molecule is C=CC(=O)Nc1cc(B(O)O)cc(C(F)(F)C(F)(F)C(F)(F)Cl)c1. The number of carbonyl (C=O) groups is 1. The van der Waals surface area contributed by atoms with Crippen LogP contribution in [0.25, 0.3) is 0 Å². The number of nitrogens with one attached hydrogen (secondary N) is 1. The third kappa shape index (κ3) is 3.85. The van der Waals surface area contributed by atoms with Crippen molar-refractivity contribution in [2.24, 2.45) is 0 Å². The van der Waals surface area contributed by atoms with Crippen LogP contribution in [0.4, 0.5) is 32.0 Å². The molecule has 0 bridgehead atoms. The first kappa shape index (κ1) is 20.3. The number of halogens is 7. The molecule has 0 aromatic heterocycles. The fourth-order valence-corrected chi connectivity index (χ4v) is 1.73. The van der Waals surface area contributed by atoms with Crippen LogP contribution >= 0.6 is 11.6 Å². The van der Waals surface area contributed by atoms with Gasteiger partial charge in [0.15, 0.2) is 0 Å². The van der Waals surface area contributed by atoms with Gasteiger partial charge in [0, 0.05) is 11.3 Å². The molecule has 0 aliphatic heterocycles. The molecule has 0 saturated carbocycles. The lowest BCUT2D eigenvalue weighted by Crippen LogP contribution is -2.50. The number of hydrogen-bond donors (Lipinski definition) is 3. The van der Waals surface area contributed by atoms with E-state index in [2.05, 4.69) is 18.2 Å². The molecule has 0 radical (unpaired) electrons. The van der Waals surface area contributed by atoms with E-state index >= 15 is 0 Å². The molecule has 132 valence electrons. The average Bonchev–Trinajstić information content (AvgIpc) is 2.45. The summed E-state index contributed by atoms with van der Waals surface area (Å²) in [5.41, 5.74) is -3.04. The van der Waals surface area contributed by atoms with E-state index in [0.29, 0.717) is 6.08 Å². The van der Waals surface area contributed by atoms with Crippen LogP contribution < -0.4 is 10.8 Å². The molecule has 1 aromatic carbocycles. The zero-order chi connectivity index (χ0) is 18.9. The second kappa shape index (κ2) is 6.65. The second-order valence-corrected chi connectivity index (χ2v) is 5.03. The van der Waals surface area contributed by atoms with Gasteiger partial charge in [-0.1, -0.05) is 12.6 Å². The summed E-state index contributed by atoms with van der Waals surface area (Å²) in [4.78, 5) is 11.1. The van der Waals surface area contributed by atoms with Crippen molar-refractivity contribution in [2.45, 2.75) is 17.2 Å². The fraction of sp³-hybridized carbons (Fsp3) is 0.250. The van der Waals surface area contributed by atoms with Crippen LogP contribution in [0.5, 0.6) is 0 Å². The highest BCUT2D eigenvalue weighted by Gasteiger charge is 2.71. The molecule has 0 unspecified atom stereocenters. The molecule has 1 amide bonds. The molecule has 4 nitrogen and oxygen atoms in total. The van der Waals surface area contributed by atoms with E-state index in [1.54, 1.807) is 0 Å². The second-order valence-electron chi connectivity index (χ2n) is 4.56. The van der Waals surface area contributed by atoms with Crippen LogP contribution in [0.2, 0.25) is 0 Å². The zero-order valence-electron chi connectivity index (χ0n) is 11.5. The summed E-state index contributed by atoms with van der Waals surface area (Å²) in [6.07, 6.45) is 0.710. The molecule has 0 aliphatic rings. The van der Waals surface area contributed by atoms with Crippen molar-refractivity contribution in [1.29, 1.82) is 0 Å². The van der Waals surface area contributed by atoms with Gasteiger partial charge in [0.2, 0.25) is 5.91 Å². The van der Waals surface area contributed by atoms with Crippen molar-refractivity contribution in [3.8, 4) is 0 Å². The number of amides is 1. The molecule has 3 N–H and O–H groups in total. The van der Waals surface area contributed by atoms with Gasteiger partial charge in [0.05, 0.1) is 0 Å². The van der Waals surface area contributed by atoms with E-state index in [9.17, 15) is 31.1 Å². The van der Waals surface area contributed by atoms with Gasteiger partial charge >= 0.3 is 24.3 Å². The summed E-state index contributed by atoms with van der Waals surface area (Å²) < 4.78 is 79.7. The van der Waals surface area contributed by atoms with Crippen molar-refractivity contribution < 1.29 is 41.2 Å². The molecular weight excluding hydrogens is 366 g/mol. The molecule has 0 aliphatic carbocycles. The molecule has 0 saturated heterocycles. The summed E-state index contributed by atoms with van der Waals surface area (Å²) >= 11 is 4.06. The monoisotopic (exact) mass is 375 g/mol. The minimum atomic E-state index is -6.00. The van der Waals surface area contributed by atoms with Crippen LogP contribution in [0.1, 0.15) is 5.56 Å². The lowest BCUT2D eigenvalue weighted by Gasteiger charge is -2.30. The summed E-state index contributed by atoms with van der Waals surface area (Å²) in [7, 11) is -2.40. The van der Waals surface area contributed by atoms with Crippen molar-refractivity contribution in [2.75, 3.05) is 5.32 Å². The van der Waals surface area contributed by atoms with E-state index < -0.39 is 47.0 Å². The summed E-state index contributed by atoms with van der Waals surface area (Å²) in [6.45, 7) is 3.06. The minimum Gasteiger partial charge on any atom is -0.423 e. The summed E-state index contributed by atoms with van der Waals surface area (Å²) in [5, 5.41) is 14.3. The predicted molar refractivity (Wildman–Crippen MR) is 74.7 cm³/mol. The molecule has 0 atom stereocenters. The Hall–Kier alpha value is -1.72. The van der Waals surface area contributed by atoms with Crippen molar-refractivity contribution in [1.82, 2.24) is 0 Å². The van der Waals surface area contributed by atoms with Crippen LogP contribution in [-0.2, 0) is 10.7 Å². The maximum Gasteiger partial charge on any atom is 0.488 e. The maximum absolute atomic E-state index is 13.9. The lowest BCUT2D eigenvalue weighted by atomic mass is 9.78. The van der Waals surface area contributed by atoms with Gasteiger partial charge in [-0.2, -0.15) is 26.3 Å². The normalized spacial score (nSPS) is 12.7. The van der Waals surface area contributed by atoms with Gasteiger partial charge < -0.3 is 15.4 Å². The Kier molecular flexibility index (Phi) is 5.63. The first-order valence-corrected chi connectivity index (χ1v) is 6.39. The van der Waals surface area contributed by atoms with E-state index in [1.807, 2.05) is 5.32 Å². The Morgan fingerprint density at radius 2 is 1.71 bits per heavy atom. The first-order chi connectivity index (χ1) is 10.7. The van der Waals surface area contributed by atoms with Crippen LogP contribution in [-0.4, -0.2) is 34.4 Å². The molecule has 0 fully saturated rings. The van der Waals surface area contributed by atoms with Crippen LogP contribution in [0.3, 0.4) is 0 Å². The largest absolute Gasteiger partial charge is 0.488 e. The molecule has 24 heavy (non-hydrogen) atoms. The van der Waals surface area contributed by atoms with Crippen molar-refractivity contribution in [3.05, 3.63) is 36.4 Å². The number of alkyl halides is 7. The first-order valence-electron chi connectivity index (χ1n) is 6.01. The molecule has 1 aromatic rings. The molecule has 0 heterocycles. The zero-order valence-corrected chi connectivity index (χ0v) is 12.3. The van der Waals surface area contributed by atoms with Crippen LogP contribution in [0, 0.1) is 0 Å². The molecule has 0 spiro atoms. The number of benzene rings is 1. The lowest BCUT2D eigenvalue weighted by molar-refractivity contribution is -0.286. The Morgan fingerprint density at radius 3 is 2.12 bits per heavy atom. The van der Waals surface area contributed by atoms with Gasteiger partial charge in [-0.25, -0.2) is 0 Å². The quantitative estimate of drug-likeness (QED) is 0.308. The van der Waals surface area contributed by atoms with Crippen molar-refractivity contribution in [3.63, 3.8) is 0 Å². The van der Waals surface area contributed by atoms with Crippen molar-refractivity contribution >= 4 is 35.8 Å². The Labute approximate surface area is 136 Å². The third-order valence-corrected chi connectivity index (χ3v) is 3.06. The Morgan fingerprint density at radius 1 is 1.17 bits per heavy atom. The maximum atomic E-state index is 13.9. The number of hydrogen-bond acceptors (Lipinski definition) is 3. The van der Waals surface area contributed by atoms with E-state index in [-0.39, 0.29) is 12.1 Å². The molecule has 12 heteroatoms. The smallest absolute Gasteiger partial charge is 0.423 e. The Bertz CT molecular complexity index is 650. The van der Waals surface area contributed by atoms with E-state index in [0.717, 1.165) is 6.07 Å². The summed E-state index contributed by atoms with van der Waals surface area (Å²) in [5.74, 6) is -12.4. The standard InChI is InChI=1S/C12H9BClF6NO3/c1-2-9(22)21-8-4-6(3-7(5-8)13(23)24)10(15,16)11(17,18)12(14,19)20/h2-5,23-24H,1H2,(H,21,22). The molecular formula is C12H9BClF6NO3. The third-order valence-electron chi connectivity index (χ3n) is 2.82. The van der Waals surface area contributed by atoms with Gasteiger partial charge in [0.25, 0.3) is 0 Å². The van der Waals surface area contributed by atoms with E-state index in [4.69, 9.17) is 10.0 Å². The summed E-state index contributed by atoms with van der Waals surface area (Å²) in [6, 6.07) is 1.21. The predicted octanol–water partition coefficient (Wildman–Crippen LogP) is 2.05.